The van der Waals surface area contributed by atoms with E-state index in [1.54, 1.807) is 42.7 Å². The molecule has 3 aromatic rings. The Balaban J connectivity index is 1.65. The van der Waals surface area contributed by atoms with Crippen molar-refractivity contribution in [2.24, 2.45) is 0 Å². The fourth-order valence-electron chi connectivity index (χ4n) is 2.13. The van der Waals surface area contributed by atoms with Crippen LogP contribution in [0.25, 0.3) is 11.4 Å². The number of halogens is 1. The average Bonchev–Trinajstić information content (AvgIpc) is 2.99. The molecule has 7 nitrogen and oxygen atoms in total. The first kappa shape index (κ1) is 17.2. The highest BCUT2D eigenvalue weighted by Gasteiger charge is 2.14. The van der Waals surface area contributed by atoms with E-state index in [0.29, 0.717) is 21.7 Å². The van der Waals surface area contributed by atoms with Crippen molar-refractivity contribution in [3.05, 3.63) is 53.3 Å². The summed E-state index contributed by atoms with van der Waals surface area (Å²) in [6.07, 6.45) is 3.30. The SMILES string of the molecule is Cc1c(Cl)cccc1NC(=O)CSc1nnc(-c2ccncc2)n1N. The molecule has 0 aliphatic rings. The van der Waals surface area contributed by atoms with Gasteiger partial charge >= 0.3 is 0 Å². The molecule has 0 radical (unpaired) electrons. The molecule has 25 heavy (non-hydrogen) atoms. The fraction of sp³-hybridized carbons (Fsp3) is 0.125. The van der Waals surface area contributed by atoms with Gasteiger partial charge < -0.3 is 11.2 Å². The number of nitrogens with one attached hydrogen (secondary N) is 1. The number of amides is 1. The van der Waals surface area contributed by atoms with Crippen molar-refractivity contribution in [1.82, 2.24) is 19.9 Å². The number of nitrogens with zero attached hydrogens (tertiary/aromatic N) is 4. The number of rotatable bonds is 5. The molecule has 3 N–H and O–H groups in total. The number of hydrogen-bond donors (Lipinski definition) is 2. The molecule has 0 atom stereocenters. The number of thioether (sulfide) groups is 1. The number of nitrogens with two attached hydrogens (primary N) is 1. The molecule has 0 bridgehead atoms. The minimum Gasteiger partial charge on any atom is -0.335 e. The summed E-state index contributed by atoms with van der Waals surface area (Å²) in [6.45, 7) is 1.85. The van der Waals surface area contributed by atoms with Crippen molar-refractivity contribution in [2.45, 2.75) is 12.1 Å². The molecule has 0 saturated carbocycles. The van der Waals surface area contributed by atoms with Crippen molar-refractivity contribution in [3.8, 4) is 11.4 Å². The molecule has 0 fully saturated rings. The summed E-state index contributed by atoms with van der Waals surface area (Å²) < 4.78 is 1.36. The predicted molar refractivity (Wildman–Crippen MR) is 98.9 cm³/mol. The van der Waals surface area contributed by atoms with Crippen LogP contribution in [0.5, 0.6) is 0 Å². The molecule has 1 amide bonds. The van der Waals surface area contributed by atoms with E-state index in [4.69, 9.17) is 17.4 Å². The van der Waals surface area contributed by atoms with Gasteiger partial charge in [0.25, 0.3) is 0 Å². The lowest BCUT2D eigenvalue weighted by atomic mass is 10.2. The van der Waals surface area contributed by atoms with E-state index in [9.17, 15) is 4.79 Å². The maximum Gasteiger partial charge on any atom is 0.234 e. The van der Waals surface area contributed by atoms with Gasteiger partial charge in [0.1, 0.15) is 0 Å². The summed E-state index contributed by atoms with van der Waals surface area (Å²) in [6, 6.07) is 8.94. The first-order valence-corrected chi connectivity index (χ1v) is 8.71. The zero-order valence-electron chi connectivity index (χ0n) is 13.3. The number of pyridine rings is 1. The Labute approximate surface area is 153 Å². The fourth-order valence-corrected chi connectivity index (χ4v) is 2.96. The summed E-state index contributed by atoms with van der Waals surface area (Å²) in [4.78, 5) is 16.1. The smallest absolute Gasteiger partial charge is 0.234 e. The van der Waals surface area contributed by atoms with Gasteiger partial charge in [-0.1, -0.05) is 29.4 Å². The van der Waals surface area contributed by atoms with Crippen LogP contribution in [0.2, 0.25) is 5.02 Å². The van der Waals surface area contributed by atoms with E-state index >= 15 is 0 Å². The first-order chi connectivity index (χ1) is 12.1. The maximum atomic E-state index is 12.2. The van der Waals surface area contributed by atoms with Gasteiger partial charge in [0.2, 0.25) is 11.1 Å². The van der Waals surface area contributed by atoms with Crippen molar-refractivity contribution < 1.29 is 4.79 Å². The molecule has 1 aromatic carbocycles. The van der Waals surface area contributed by atoms with Crippen LogP contribution < -0.4 is 11.2 Å². The Hall–Kier alpha value is -2.58. The van der Waals surface area contributed by atoms with Crippen LogP contribution in [0, 0.1) is 6.92 Å². The average molecular weight is 375 g/mol. The third-order valence-electron chi connectivity index (χ3n) is 3.48. The van der Waals surface area contributed by atoms with Crippen LogP contribution >= 0.6 is 23.4 Å². The second kappa shape index (κ2) is 7.54. The van der Waals surface area contributed by atoms with E-state index < -0.39 is 0 Å². The second-order valence-electron chi connectivity index (χ2n) is 5.16. The largest absolute Gasteiger partial charge is 0.335 e. The van der Waals surface area contributed by atoms with Crippen LogP contribution in [0.3, 0.4) is 0 Å². The zero-order chi connectivity index (χ0) is 17.8. The third-order valence-corrected chi connectivity index (χ3v) is 4.83. The van der Waals surface area contributed by atoms with Gasteiger partial charge in [-0.2, -0.15) is 0 Å². The number of anilines is 1. The highest BCUT2D eigenvalue weighted by molar-refractivity contribution is 7.99. The van der Waals surface area contributed by atoms with Crippen LogP contribution in [-0.2, 0) is 4.79 Å². The number of aromatic nitrogens is 4. The molecule has 0 aliphatic heterocycles. The standard InChI is InChI=1S/C16H15ClN6OS/c1-10-12(17)3-2-4-13(10)20-14(24)9-25-16-22-21-15(23(16)18)11-5-7-19-8-6-11/h2-8H,9,18H2,1H3,(H,20,24). The zero-order valence-corrected chi connectivity index (χ0v) is 14.9. The molecular formula is C16H15ClN6OS. The van der Waals surface area contributed by atoms with Crippen LogP contribution in [0.4, 0.5) is 5.69 Å². The van der Waals surface area contributed by atoms with Gasteiger partial charge in [-0.05, 0) is 36.8 Å². The molecule has 2 heterocycles. The van der Waals surface area contributed by atoms with E-state index in [1.807, 2.05) is 6.92 Å². The molecule has 9 heteroatoms. The normalized spacial score (nSPS) is 10.6. The maximum absolute atomic E-state index is 12.2. The Morgan fingerprint density at radius 2 is 2.04 bits per heavy atom. The van der Waals surface area contributed by atoms with E-state index in [-0.39, 0.29) is 11.7 Å². The highest BCUT2D eigenvalue weighted by Crippen LogP contribution is 2.24. The lowest BCUT2D eigenvalue weighted by molar-refractivity contribution is -0.113. The topological polar surface area (TPSA) is 98.7 Å². The molecule has 128 valence electrons. The molecule has 2 aromatic heterocycles. The quantitative estimate of drug-likeness (QED) is 0.526. The second-order valence-corrected chi connectivity index (χ2v) is 6.51. The van der Waals surface area contributed by atoms with Crippen molar-refractivity contribution in [3.63, 3.8) is 0 Å². The Kier molecular flexibility index (Phi) is 5.20. The highest BCUT2D eigenvalue weighted by atomic mass is 35.5. The summed E-state index contributed by atoms with van der Waals surface area (Å²) in [5.74, 6) is 6.50. The Bertz CT molecular complexity index is 899. The minimum absolute atomic E-state index is 0.150. The van der Waals surface area contributed by atoms with Crippen molar-refractivity contribution >= 4 is 35.0 Å². The number of carbonyl (C=O) groups excluding carboxylic acids is 1. The van der Waals surface area contributed by atoms with E-state index in [2.05, 4.69) is 20.5 Å². The molecule has 0 saturated heterocycles. The van der Waals surface area contributed by atoms with Gasteiger partial charge in [0.15, 0.2) is 5.82 Å². The third kappa shape index (κ3) is 3.92. The Morgan fingerprint density at radius 3 is 2.80 bits per heavy atom. The van der Waals surface area contributed by atoms with Gasteiger partial charge in [-0.3, -0.25) is 9.78 Å². The molecule has 3 rings (SSSR count). The predicted octanol–water partition coefficient (Wildman–Crippen LogP) is 2.75. The molecule has 0 spiro atoms. The van der Waals surface area contributed by atoms with E-state index in [1.165, 1.54) is 16.4 Å². The summed E-state index contributed by atoms with van der Waals surface area (Å²) in [5.41, 5.74) is 2.31. The lowest BCUT2D eigenvalue weighted by Gasteiger charge is -2.09. The number of nitrogen functional groups attached to an aromatic ring is 1. The lowest BCUT2D eigenvalue weighted by Crippen LogP contribution is -2.17. The summed E-state index contributed by atoms with van der Waals surface area (Å²) >= 11 is 7.26. The number of hydrogen-bond acceptors (Lipinski definition) is 6. The molecule has 0 unspecified atom stereocenters. The minimum atomic E-state index is -0.177. The number of benzene rings is 1. The monoisotopic (exact) mass is 374 g/mol. The van der Waals surface area contributed by atoms with Crippen molar-refractivity contribution in [2.75, 3.05) is 16.9 Å². The summed E-state index contributed by atoms with van der Waals surface area (Å²) in [7, 11) is 0. The van der Waals surface area contributed by atoms with Crippen LogP contribution in [-0.4, -0.2) is 31.5 Å². The van der Waals surface area contributed by atoms with Crippen LogP contribution in [0.15, 0.2) is 47.9 Å². The van der Waals surface area contributed by atoms with Gasteiger partial charge in [0, 0.05) is 28.7 Å². The molecule has 0 aliphatic carbocycles. The van der Waals surface area contributed by atoms with E-state index in [0.717, 1.165) is 11.1 Å². The molecular weight excluding hydrogens is 360 g/mol. The number of carbonyl (C=O) groups is 1. The summed E-state index contributed by atoms with van der Waals surface area (Å²) in [5, 5.41) is 12.0. The van der Waals surface area contributed by atoms with Crippen molar-refractivity contribution in [1.29, 1.82) is 0 Å². The van der Waals surface area contributed by atoms with Crippen LogP contribution in [0.1, 0.15) is 5.56 Å². The van der Waals surface area contributed by atoms with Gasteiger partial charge in [-0.15, -0.1) is 10.2 Å². The van der Waals surface area contributed by atoms with Gasteiger partial charge in [0.05, 0.1) is 5.75 Å². The first-order valence-electron chi connectivity index (χ1n) is 7.35. The van der Waals surface area contributed by atoms with Gasteiger partial charge in [-0.25, -0.2) is 4.68 Å². The Morgan fingerprint density at radius 1 is 1.28 bits per heavy atom.